The lowest BCUT2D eigenvalue weighted by Crippen LogP contribution is -2.14. The Morgan fingerprint density at radius 2 is 1.90 bits per heavy atom. The monoisotopic (exact) mass is 347 g/mol. The van der Waals surface area contributed by atoms with Crippen molar-refractivity contribution in [2.45, 2.75) is 26.9 Å². The highest BCUT2D eigenvalue weighted by Crippen LogP contribution is 2.26. The lowest BCUT2D eigenvalue weighted by Gasteiger charge is -2.15. The van der Waals surface area contributed by atoms with E-state index < -0.39 is 0 Å². The highest BCUT2D eigenvalue weighted by Gasteiger charge is 2.11. The number of aryl methyl sites for hydroxylation is 1. The van der Waals surface area contributed by atoms with Gasteiger partial charge in [0.1, 0.15) is 5.75 Å². The number of hydrogen-bond donors (Lipinski definition) is 1. The van der Waals surface area contributed by atoms with E-state index in [1.807, 2.05) is 57.2 Å². The van der Waals surface area contributed by atoms with Crippen LogP contribution in [0.5, 0.6) is 5.75 Å². The molecule has 0 aliphatic carbocycles. The van der Waals surface area contributed by atoms with Crippen molar-refractivity contribution in [1.82, 2.24) is 0 Å². The number of amides is 1. The van der Waals surface area contributed by atoms with Crippen molar-refractivity contribution in [1.29, 1.82) is 0 Å². The summed E-state index contributed by atoms with van der Waals surface area (Å²) < 4.78 is 6.69. The molecule has 1 N–H and O–H groups in total. The number of ether oxygens (including phenoxy) is 1. The lowest BCUT2D eigenvalue weighted by molar-refractivity contribution is 0.102. The molecule has 21 heavy (non-hydrogen) atoms. The van der Waals surface area contributed by atoms with Gasteiger partial charge < -0.3 is 10.1 Å². The van der Waals surface area contributed by atoms with Crippen molar-refractivity contribution in [2.75, 3.05) is 5.32 Å². The zero-order valence-electron chi connectivity index (χ0n) is 12.3. The average molecular weight is 348 g/mol. The second-order valence-corrected chi connectivity index (χ2v) is 5.94. The van der Waals surface area contributed by atoms with Crippen molar-refractivity contribution in [3.05, 3.63) is 58.1 Å². The Balaban J connectivity index is 2.21. The molecule has 0 fully saturated rings. The van der Waals surface area contributed by atoms with Gasteiger partial charge in [0.15, 0.2) is 0 Å². The molecule has 0 spiro atoms. The third-order valence-electron chi connectivity index (χ3n) is 2.92. The molecular formula is C17H18BrNO2. The van der Waals surface area contributed by atoms with Crippen LogP contribution in [-0.4, -0.2) is 12.0 Å². The molecule has 2 aromatic carbocycles. The maximum Gasteiger partial charge on any atom is 0.255 e. The van der Waals surface area contributed by atoms with Crippen molar-refractivity contribution >= 4 is 27.5 Å². The summed E-state index contributed by atoms with van der Waals surface area (Å²) in [5.41, 5.74) is 2.32. The smallest absolute Gasteiger partial charge is 0.255 e. The van der Waals surface area contributed by atoms with Crippen LogP contribution in [0.3, 0.4) is 0 Å². The SMILES string of the molecule is Cc1cc(C(=O)Nc2ccccc2OC(C)C)ccc1Br. The Morgan fingerprint density at radius 3 is 2.57 bits per heavy atom. The summed E-state index contributed by atoms with van der Waals surface area (Å²) in [7, 11) is 0. The summed E-state index contributed by atoms with van der Waals surface area (Å²) in [4.78, 5) is 12.3. The number of anilines is 1. The zero-order chi connectivity index (χ0) is 15.4. The molecule has 110 valence electrons. The second kappa shape index (κ2) is 6.76. The van der Waals surface area contributed by atoms with Gasteiger partial charge in [-0.25, -0.2) is 0 Å². The minimum Gasteiger partial charge on any atom is -0.489 e. The maximum atomic E-state index is 12.3. The highest BCUT2D eigenvalue weighted by molar-refractivity contribution is 9.10. The molecule has 0 heterocycles. The standard InChI is InChI=1S/C17H18BrNO2/c1-11(2)21-16-7-5-4-6-15(16)19-17(20)13-8-9-14(18)12(3)10-13/h4-11H,1-3H3,(H,19,20). The summed E-state index contributed by atoms with van der Waals surface area (Å²) in [5, 5.41) is 2.90. The molecule has 0 saturated heterocycles. The summed E-state index contributed by atoms with van der Waals surface area (Å²) in [6, 6.07) is 13.0. The van der Waals surface area contributed by atoms with Gasteiger partial charge in [0.25, 0.3) is 5.91 Å². The molecule has 1 amide bonds. The Bertz CT molecular complexity index is 653. The van der Waals surface area contributed by atoms with E-state index in [4.69, 9.17) is 4.74 Å². The Kier molecular flexibility index (Phi) is 5.02. The number of hydrogen-bond acceptors (Lipinski definition) is 2. The van der Waals surface area contributed by atoms with Crippen LogP contribution in [0.2, 0.25) is 0 Å². The summed E-state index contributed by atoms with van der Waals surface area (Å²) in [5.74, 6) is 0.528. The minimum absolute atomic E-state index is 0.0537. The van der Waals surface area contributed by atoms with E-state index in [9.17, 15) is 4.79 Å². The van der Waals surface area contributed by atoms with Crippen molar-refractivity contribution in [2.24, 2.45) is 0 Å². The maximum absolute atomic E-state index is 12.3. The van der Waals surface area contributed by atoms with Crippen LogP contribution in [0.25, 0.3) is 0 Å². The summed E-state index contributed by atoms with van der Waals surface area (Å²) in [6.45, 7) is 5.87. The molecule has 0 aliphatic heterocycles. The van der Waals surface area contributed by atoms with Crippen LogP contribution in [0, 0.1) is 6.92 Å². The van der Waals surface area contributed by atoms with Crippen LogP contribution in [0.15, 0.2) is 46.9 Å². The Morgan fingerprint density at radius 1 is 1.19 bits per heavy atom. The first-order valence-electron chi connectivity index (χ1n) is 6.80. The third kappa shape index (κ3) is 4.08. The predicted molar refractivity (Wildman–Crippen MR) is 89.0 cm³/mol. The van der Waals surface area contributed by atoms with Gasteiger partial charge in [-0.15, -0.1) is 0 Å². The molecule has 0 aromatic heterocycles. The summed E-state index contributed by atoms with van der Waals surface area (Å²) in [6.07, 6.45) is 0.0537. The number of nitrogens with one attached hydrogen (secondary N) is 1. The quantitative estimate of drug-likeness (QED) is 0.862. The van der Waals surface area contributed by atoms with E-state index in [2.05, 4.69) is 21.2 Å². The molecule has 0 unspecified atom stereocenters. The molecular weight excluding hydrogens is 330 g/mol. The van der Waals surface area contributed by atoms with E-state index in [1.54, 1.807) is 6.07 Å². The zero-order valence-corrected chi connectivity index (χ0v) is 13.9. The molecule has 0 bridgehead atoms. The minimum atomic E-state index is -0.148. The van der Waals surface area contributed by atoms with E-state index in [-0.39, 0.29) is 12.0 Å². The molecule has 0 aliphatic rings. The highest BCUT2D eigenvalue weighted by atomic mass is 79.9. The second-order valence-electron chi connectivity index (χ2n) is 5.08. The van der Waals surface area contributed by atoms with E-state index >= 15 is 0 Å². The molecule has 4 heteroatoms. The predicted octanol–water partition coefficient (Wildman–Crippen LogP) is 4.80. The molecule has 2 rings (SSSR count). The van der Waals surface area contributed by atoms with Crippen LogP contribution >= 0.6 is 15.9 Å². The number of para-hydroxylation sites is 2. The number of carbonyl (C=O) groups is 1. The van der Waals surface area contributed by atoms with Gasteiger partial charge in [-0.2, -0.15) is 0 Å². The average Bonchev–Trinajstić information content (AvgIpc) is 2.43. The van der Waals surface area contributed by atoms with Crippen LogP contribution in [0.1, 0.15) is 29.8 Å². The Hall–Kier alpha value is -1.81. The molecule has 0 saturated carbocycles. The van der Waals surface area contributed by atoms with Gasteiger partial charge in [-0.3, -0.25) is 4.79 Å². The van der Waals surface area contributed by atoms with Crippen molar-refractivity contribution in [3.63, 3.8) is 0 Å². The van der Waals surface area contributed by atoms with Crippen molar-refractivity contribution in [3.8, 4) is 5.75 Å². The number of rotatable bonds is 4. The molecule has 3 nitrogen and oxygen atoms in total. The Labute approximate surface area is 133 Å². The van der Waals surface area contributed by atoms with Gasteiger partial charge in [0, 0.05) is 10.0 Å². The topological polar surface area (TPSA) is 38.3 Å². The number of benzene rings is 2. The first-order valence-corrected chi connectivity index (χ1v) is 7.60. The summed E-state index contributed by atoms with van der Waals surface area (Å²) >= 11 is 3.43. The largest absolute Gasteiger partial charge is 0.489 e. The van der Waals surface area contributed by atoms with Gasteiger partial charge in [-0.1, -0.05) is 28.1 Å². The van der Waals surface area contributed by atoms with E-state index in [0.29, 0.717) is 17.0 Å². The fourth-order valence-corrected chi connectivity index (χ4v) is 2.15. The van der Waals surface area contributed by atoms with Gasteiger partial charge in [0.05, 0.1) is 11.8 Å². The molecule has 2 aromatic rings. The first-order chi connectivity index (χ1) is 9.97. The fraction of sp³-hybridized carbons (Fsp3) is 0.235. The van der Waals surface area contributed by atoms with E-state index in [0.717, 1.165) is 10.0 Å². The fourth-order valence-electron chi connectivity index (χ4n) is 1.91. The first kappa shape index (κ1) is 15.6. The molecule has 0 atom stereocenters. The lowest BCUT2D eigenvalue weighted by atomic mass is 10.1. The normalized spacial score (nSPS) is 10.5. The van der Waals surface area contributed by atoms with E-state index in [1.165, 1.54) is 0 Å². The van der Waals surface area contributed by atoms with Gasteiger partial charge in [0.2, 0.25) is 0 Å². The van der Waals surface area contributed by atoms with Crippen LogP contribution < -0.4 is 10.1 Å². The number of carbonyl (C=O) groups excluding carboxylic acids is 1. The van der Waals surface area contributed by atoms with Crippen LogP contribution in [-0.2, 0) is 0 Å². The van der Waals surface area contributed by atoms with Crippen LogP contribution in [0.4, 0.5) is 5.69 Å². The molecule has 0 radical (unpaired) electrons. The number of halogens is 1. The van der Waals surface area contributed by atoms with Gasteiger partial charge >= 0.3 is 0 Å². The third-order valence-corrected chi connectivity index (χ3v) is 3.81. The van der Waals surface area contributed by atoms with Gasteiger partial charge in [-0.05, 0) is 56.7 Å². The van der Waals surface area contributed by atoms with Crippen molar-refractivity contribution < 1.29 is 9.53 Å².